The monoisotopic (exact) mass is 401 g/mol. The van der Waals surface area contributed by atoms with E-state index in [0.717, 1.165) is 16.8 Å². The predicted molar refractivity (Wildman–Crippen MR) is 107 cm³/mol. The molecule has 0 bridgehead atoms. The fourth-order valence-electron chi connectivity index (χ4n) is 2.63. The molecule has 3 rings (SSSR count). The van der Waals surface area contributed by atoms with Crippen LogP contribution in [0.1, 0.15) is 23.6 Å². The predicted octanol–water partition coefficient (Wildman–Crippen LogP) is 3.73. The number of amides is 1. The molecule has 0 saturated carbocycles. The number of halogens is 1. The molecule has 0 saturated heterocycles. The number of aromatic nitrogens is 4. The summed E-state index contributed by atoms with van der Waals surface area (Å²) in [4.78, 5) is 12.5. The average Bonchev–Trinajstić information content (AvgIpc) is 3.08. The van der Waals surface area contributed by atoms with Crippen LogP contribution in [0.2, 0.25) is 5.02 Å². The van der Waals surface area contributed by atoms with E-state index in [9.17, 15) is 4.79 Å². The quantitative estimate of drug-likeness (QED) is 0.637. The Morgan fingerprint density at radius 2 is 2.04 bits per heavy atom. The van der Waals surface area contributed by atoms with Gasteiger partial charge in [-0.15, -0.1) is 5.10 Å². The Balaban J connectivity index is 1.68. The number of carbonyl (C=O) groups is 1. The summed E-state index contributed by atoms with van der Waals surface area (Å²) in [6, 6.07) is 13.5. The first kappa shape index (κ1) is 19.4. The first-order valence-electron chi connectivity index (χ1n) is 8.49. The molecule has 3 aromatic rings. The highest BCUT2D eigenvalue weighted by molar-refractivity contribution is 8.00. The molecule has 0 radical (unpaired) electrons. The molecule has 6 nitrogen and oxygen atoms in total. The van der Waals surface area contributed by atoms with Gasteiger partial charge in [0.25, 0.3) is 0 Å². The number of benzene rings is 2. The molecule has 27 heavy (non-hydrogen) atoms. The molecule has 1 amide bonds. The van der Waals surface area contributed by atoms with Crippen molar-refractivity contribution in [1.82, 2.24) is 25.5 Å². The van der Waals surface area contributed by atoms with Gasteiger partial charge in [0.1, 0.15) is 0 Å². The van der Waals surface area contributed by atoms with E-state index < -0.39 is 0 Å². The lowest BCUT2D eigenvalue weighted by Gasteiger charge is -2.13. The van der Waals surface area contributed by atoms with Gasteiger partial charge < -0.3 is 5.32 Å². The molecule has 0 aliphatic carbocycles. The smallest absolute Gasteiger partial charge is 0.233 e. The van der Waals surface area contributed by atoms with Crippen molar-refractivity contribution in [3.05, 3.63) is 64.2 Å². The molecule has 8 heteroatoms. The minimum absolute atomic E-state index is 0.102. The number of tetrazole rings is 1. The molecule has 1 aromatic heterocycles. The van der Waals surface area contributed by atoms with E-state index in [1.165, 1.54) is 17.3 Å². The summed E-state index contributed by atoms with van der Waals surface area (Å²) in [5.41, 5.74) is 4.02. The first-order valence-corrected chi connectivity index (χ1v) is 9.75. The van der Waals surface area contributed by atoms with Gasteiger partial charge >= 0.3 is 0 Å². The first-order chi connectivity index (χ1) is 13.0. The SMILES string of the molecule is Cc1ccc(-n2nnnc2S[C@@H](C)C(=O)NCc2ccccc2Cl)c(C)c1. The number of rotatable bonds is 6. The third-order valence-corrected chi connectivity index (χ3v) is 5.49. The molecule has 0 spiro atoms. The number of thioether (sulfide) groups is 1. The van der Waals surface area contributed by atoms with Gasteiger partial charge in [-0.25, -0.2) is 0 Å². The lowest BCUT2D eigenvalue weighted by atomic mass is 10.1. The van der Waals surface area contributed by atoms with Crippen LogP contribution in [0.25, 0.3) is 5.69 Å². The summed E-state index contributed by atoms with van der Waals surface area (Å²) >= 11 is 7.44. The van der Waals surface area contributed by atoms with Gasteiger partial charge in [-0.05, 0) is 54.5 Å². The van der Waals surface area contributed by atoms with Crippen molar-refractivity contribution >= 4 is 29.3 Å². The maximum absolute atomic E-state index is 12.5. The van der Waals surface area contributed by atoms with Crippen LogP contribution < -0.4 is 5.32 Å². The van der Waals surface area contributed by atoms with Crippen LogP contribution in [0.5, 0.6) is 0 Å². The van der Waals surface area contributed by atoms with Crippen LogP contribution in [-0.4, -0.2) is 31.4 Å². The van der Waals surface area contributed by atoms with Gasteiger partial charge in [-0.3, -0.25) is 4.79 Å². The molecule has 1 atom stereocenters. The Hall–Kier alpha value is -2.38. The summed E-state index contributed by atoms with van der Waals surface area (Å²) in [5.74, 6) is -0.102. The van der Waals surface area contributed by atoms with Crippen molar-refractivity contribution in [3.63, 3.8) is 0 Å². The van der Waals surface area contributed by atoms with Crippen LogP contribution in [0, 0.1) is 13.8 Å². The van der Waals surface area contributed by atoms with Crippen molar-refractivity contribution in [3.8, 4) is 5.69 Å². The maximum atomic E-state index is 12.5. The second-order valence-electron chi connectivity index (χ2n) is 6.23. The van der Waals surface area contributed by atoms with E-state index in [1.54, 1.807) is 10.7 Å². The Bertz CT molecular complexity index is 959. The van der Waals surface area contributed by atoms with Crippen LogP contribution in [0.4, 0.5) is 0 Å². The second-order valence-corrected chi connectivity index (χ2v) is 7.95. The van der Waals surface area contributed by atoms with E-state index in [0.29, 0.717) is 16.7 Å². The third kappa shape index (κ3) is 4.67. The molecule has 0 fully saturated rings. The van der Waals surface area contributed by atoms with Crippen molar-refractivity contribution in [2.75, 3.05) is 0 Å². The van der Waals surface area contributed by atoms with Gasteiger partial charge in [0.15, 0.2) is 0 Å². The Morgan fingerprint density at radius 3 is 2.78 bits per heavy atom. The molecule has 0 unspecified atom stereocenters. The minimum Gasteiger partial charge on any atom is -0.351 e. The van der Waals surface area contributed by atoms with Gasteiger partial charge in [0, 0.05) is 11.6 Å². The molecule has 1 heterocycles. The van der Waals surface area contributed by atoms with Crippen molar-refractivity contribution in [2.45, 2.75) is 37.7 Å². The minimum atomic E-state index is -0.358. The zero-order chi connectivity index (χ0) is 19.4. The topological polar surface area (TPSA) is 72.7 Å². The zero-order valence-electron chi connectivity index (χ0n) is 15.3. The van der Waals surface area contributed by atoms with Crippen molar-refractivity contribution in [2.24, 2.45) is 0 Å². The molecular weight excluding hydrogens is 382 g/mol. The standard InChI is InChI=1S/C19H20ClN5OS/c1-12-8-9-17(13(2)10-12)25-19(22-23-24-25)27-14(3)18(26)21-11-15-6-4-5-7-16(15)20/h4-10,14H,11H2,1-3H3,(H,21,26)/t14-/m0/s1. The maximum Gasteiger partial charge on any atom is 0.233 e. The summed E-state index contributed by atoms with van der Waals surface area (Å²) in [6.07, 6.45) is 0. The van der Waals surface area contributed by atoms with E-state index in [4.69, 9.17) is 11.6 Å². The summed E-state index contributed by atoms with van der Waals surface area (Å²) in [7, 11) is 0. The van der Waals surface area contributed by atoms with Crippen molar-refractivity contribution < 1.29 is 4.79 Å². The number of hydrogen-bond acceptors (Lipinski definition) is 5. The molecule has 2 aromatic carbocycles. The number of aryl methyl sites for hydroxylation is 2. The summed E-state index contributed by atoms with van der Waals surface area (Å²) < 4.78 is 1.66. The van der Waals surface area contributed by atoms with Gasteiger partial charge in [0.2, 0.25) is 11.1 Å². The largest absolute Gasteiger partial charge is 0.351 e. The molecule has 0 aliphatic rings. The van der Waals surface area contributed by atoms with Gasteiger partial charge in [-0.1, -0.05) is 59.3 Å². The summed E-state index contributed by atoms with van der Waals surface area (Å²) in [6.45, 7) is 6.26. The number of carbonyl (C=O) groups excluding carboxylic acids is 1. The highest BCUT2D eigenvalue weighted by Crippen LogP contribution is 2.25. The van der Waals surface area contributed by atoms with Crippen molar-refractivity contribution in [1.29, 1.82) is 0 Å². The second kappa shape index (κ2) is 8.54. The zero-order valence-corrected chi connectivity index (χ0v) is 16.9. The van der Waals surface area contributed by atoms with E-state index in [2.05, 4.69) is 26.9 Å². The van der Waals surface area contributed by atoms with E-state index in [1.807, 2.05) is 51.1 Å². The van der Waals surface area contributed by atoms with E-state index >= 15 is 0 Å². The Morgan fingerprint density at radius 1 is 1.26 bits per heavy atom. The molecule has 1 N–H and O–H groups in total. The third-order valence-electron chi connectivity index (χ3n) is 4.08. The van der Waals surface area contributed by atoms with E-state index in [-0.39, 0.29) is 11.2 Å². The molecule has 0 aliphatic heterocycles. The average molecular weight is 402 g/mol. The highest BCUT2D eigenvalue weighted by atomic mass is 35.5. The van der Waals surface area contributed by atoms with Crippen LogP contribution >= 0.6 is 23.4 Å². The number of nitrogens with one attached hydrogen (secondary N) is 1. The Kier molecular flexibility index (Phi) is 6.13. The van der Waals surface area contributed by atoms with Gasteiger partial charge in [-0.2, -0.15) is 4.68 Å². The van der Waals surface area contributed by atoms with Crippen LogP contribution in [-0.2, 0) is 11.3 Å². The highest BCUT2D eigenvalue weighted by Gasteiger charge is 2.20. The molecule has 140 valence electrons. The van der Waals surface area contributed by atoms with Crippen LogP contribution in [0.3, 0.4) is 0 Å². The lowest BCUT2D eigenvalue weighted by molar-refractivity contribution is -0.120. The fraction of sp³-hybridized carbons (Fsp3) is 0.263. The number of hydrogen-bond donors (Lipinski definition) is 1. The summed E-state index contributed by atoms with van der Waals surface area (Å²) in [5, 5.41) is 15.7. The number of nitrogens with zero attached hydrogens (tertiary/aromatic N) is 4. The fourth-order valence-corrected chi connectivity index (χ4v) is 3.65. The Labute approximate surface area is 167 Å². The van der Waals surface area contributed by atoms with Crippen LogP contribution in [0.15, 0.2) is 47.6 Å². The lowest BCUT2D eigenvalue weighted by Crippen LogP contribution is -2.30. The normalized spacial score (nSPS) is 12.0. The van der Waals surface area contributed by atoms with Gasteiger partial charge in [0.05, 0.1) is 10.9 Å². The molecular formula is C19H20ClN5OS.